The second-order valence-electron chi connectivity index (χ2n) is 7.61. The average Bonchev–Trinajstić information content (AvgIpc) is 3.37. The molecule has 1 aliphatic heterocycles. The molecular formula is C25H26ClN5O3. The Kier molecular flexibility index (Phi) is 8.21. The number of nitrogens with one attached hydrogen (secondary N) is 2. The van der Waals surface area contributed by atoms with Crippen molar-refractivity contribution in [1.82, 2.24) is 4.90 Å². The van der Waals surface area contributed by atoms with Gasteiger partial charge in [0.15, 0.2) is 0 Å². The number of allylic oxidation sites excluding steroid dienone is 2. The molecule has 0 saturated carbocycles. The SMILES string of the molecule is C=C(Cl)/C=C\C(N)=NC(=O)c1cc(OC)ccc1NC(=O)c1ccc(C(=N)N2CCCC2)cc1. The van der Waals surface area contributed by atoms with Gasteiger partial charge in [0.25, 0.3) is 11.8 Å². The van der Waals surface area contributed by atoms with E-state index in [0.29, 0.717) is 17.1 Å². The Hall–Kier alpha value is -3.91. The number of amides is 2. The van der Waals surface area contributed by atoms with E-state index in [4.69, 9.17) is 27.5 Å². The first-order chi connectivity index (χ1) is 16.3. The van der Waals surface area contributed by atoms with Crippen LogP contribution in [0.4, 0.5) is 5.69 Å². The first-order valence-electron chi connectivity index (χ1n) is 10.6. The van der Waals surface area contributed by atoms with E-state index in [-0.39, 0.29) is 22.1 Å². The second-order valence-corrected chi connectivity index (χ2v) is 8.09. The van der Waals surface area contributed by atoms with Crippen molar-refractivity contribution in [2.45, 2.75) is 12.8 Å². The van der Waals surface area contributed by atoms with E-state index in [1.165, 1.54) is 25.3 Å². The van der Waals surface area contributed by atoms with Crippen molar-refractivity contribution in [3.05, 3.63) is 82.9 Å². The Balaban J connectivity index is 1.79. The number of benzene rings is 2. The Morgan fingerprint density at radius 1 is 1.15 bits per heavy atom. The van der Waals surface area contributed by atoms with Gasteiger partial charge in [0.1, 0.15) is 17.4 Å². The number of hydrogen-bond acceptors (Lipinski definition) is 4. The van der Waals surface area contributed by atoms with E-state index in [1.54, 1.807) is 36.4 Å². The van der Waals surface area contributed by atoms with Crippen LogP contribution in [0.25, 0.3) is 0 Å². The Morgan fingerprint density at radius 2 is 1.79 bits per heavy atom. The topological polar surface area (TPSA) is 121 Å². The minimum atomic E-state index is -0.661. The summed E-state index contributed by atoms with van der Waals surface area (Å²) in [6.07, 6.45) is 4.93. The summed E-state index contributed by atoms with van der Waals surface area (Å²) in [5, 5.41) is 11.3. The minimum Gasteiger partial charge on any atom is -0.497 e. The van der Waals surface area contributed by atoms with Gasteiger partial charge in [-0.05, 0) is 55.3 Å². The van der Waals surface area contributed by atoms with Gasteiger partial charge in [0.2, 0.25) is 0 Å². The summed E-state index contributed by atoms with van der Waals surface area (Å²) in [6, 6.07) is 11.5. The number of likely N-dealkylation sites (tertiary alicyclic amines) is 1. The number of halogens is 1. The maximum absolute atomic E-state index is 12.9. The summed E-state index contributed by atoms with van der Waals surface area (Å²) >= 11 is 5.66. The highest BCUT2D eigenvalue weighted by Crippen LogP contribution is 2.24. The van der Waals surface area contributed by atoms with Crippen molar-refractivity contribution < 1.29 is 14.3 Å². The van der Waals surface area contributed by atoms with E-state index >= 15 is 0 Å². The van der Waals surface area contributed by atoms with Crippen LogP contribution in [0.3, 0.4) is 0 Å². The highest BCUT2D eigenvalue weighted by Gasteiger charge is 2.18. The second kappa shape index (κ2) is 11.3. The van der Waals surface area contributed by atoms with Crippen LogP contribution in [0.15, 0.2) is 71.2 Å². The maximum Gasteiger partial charge on any atom is 0.281 e. The largest absolute Gasteiger partial charge is 0.497 e. The smallest absolute Gasteiger partial charge is 0.281 e. The van der Waals surface area contributed by atoms with Crippen LogP contribution in [-0.2, 0) is 0 Å². The monoisotopic (exact) mass is 479 g/mol. The number of carbonyl (C=O) groups excluding carboxylic acids is 2. The third kappa shape index (κ3) is 6.32. The number of aliphatic imine (C=N–C) groups is 1. The predicted octanol–water partition coefficient (Wildman–Crippen LogP) is 4.17. The molecule has 9 heteroatoms. The molecule has 0 atom stereocenters. The third-order valence-electron chi connectivity index (χ3n) is 5.21. The lowest BCUT2D eigenvalue weighted by Crippen LogP contribution is -2.27. The van der Waals surface area contributed by atoms with Crippen LogP contribution in [0.2, 0.25) is 0 Å². The van der Waals surface area contributed by atoms with Crippen LogP contribution in [-0.4, -0.2) is 48.6 Å². The number of carbonyl (C=O) groups is 2. The minimum absolute atomic E-state index is 0.0667. The number of amidine groups is 2. The molecule has 1 saturated heterocycles. The molecule has 0 aromatic heterocycles. The van der Waals surface area contributed by atoms with Crippen molar-refractivity contribution in [2.24, 2.45) is 10.7 Å². The van der Waals surface area contributed by atoms with Gasteiger partial charge in [-0.15, -0.1) is 0 Å². The van der Waals surface area contributed by atoms with Gasteiger partial charge in [-0.1, -0.05) is 30.3 Å². The molecule has 0 unspecified atom stereocenters. The zero-order valence-electron chi connectivity index (χ0n) is 18.8. The molecule has 1 heterocycles. The van der Waals surface area contributed by atoms with Gasteiger partial charge < -0.3 is 20.7 Å². The first kappa shape index (κ1) is 24.7. The van der Waals surface area contributed by atoms with E-state index < -0.39 is 11.8 Å². The summed E-state index contributed by atoms with van der Waals surface area (Å²) in [4.78, 5) is 31.5. The number of anilines is 1. The van der Waals surface area contributed by atoms with Crippen LogP contribution in [0.1, 0.15) is 39.1 Å². The summed E-state index contributed by atoms with van der Waals surface area (Å²) in [5.74, 6) is -0.262. The molecule has 0 bridgehead atoms. The standard InChI is InChI=1S/C25H26ClN5O3/c1-16(26)5-12-22(27)30-25(33)20-15-19(34-2)10-11-21(20)29-24(32)18-8-6-17(7-9-18)23(28)31-13-3-4-14-31/h5-12,15,28H,1,3-4,13-14H2,2H3,(H,29,32)(H2,27,30,33)/b12-5-,28-23?. The molecule has 176 valence electrons. The number of methoxy groups -OCH3 is 1. The molecule has 0 aliphatic carbocycles. The quantitative estimate of drug-likeness (QED) is 0.312. The molecule has 2 aromatic rings. The molecule has 3 rings (SSSR count). The van der Waals surface area contributed by atoms with E-state index in [1.807, 2.05) is 4.90 Å². The normalized spacial score (nSPS) is 13.7. The first-order valence-corrected chi connectivity index (χ1v) is 11.0. The summed E-state index contributed by atoms with van der Waals surface area (Å²) < 4.78 is 5.20. The Labute approximate surface area is 203 Å². The Morgan fingerprint density at radius 3 is 2.41 bits per heavy atom. The molecule has 4 N–H and O–H groups in total. The van der Waals surface area contributed by atoms with Gasteiger partial charge in [-0.25, -0.2) is 0 Å². The molecule has 0 radical (unpaired) electrons. The number of nitrogens with zero attached hydrogens (tertiary/aromatic N) is 2. The molecule has 8 nitrogen and oxygen atoms in total. The van der Waals surface area contributed by atoms with E-state index in [2.05, 4.69) is 16.9 Å². The summed E-state index contributed by atoms with van der Waals surface area (Å²) in [5.41, 5.74) is 7.26. The number of rotatable bonds is 7. The lowest BCUT2D eigenvalue weighted by Gasteiger charge is -2.18. The zero-order valence-corrected chi connectivity index (χ0v) is 19.6. The Bertz CT molecular complexity index is 1170. The maximum atomic E-state index is 12.9. The molecule has 2 aromatic carbocycles. The molecule has 34 heavy (non-hydrogen) atoms. The molecular weight excluding hydrogens is 454 g/mol. The van der Waals surface area contributed by atoms with E-state index in [9.17, 15) is 9.59 Å². The summed E-state index contributed by atoms with van der Waals surface area (Å²) in [7, 11) is 1.47. The number of ether oxygens (including phenoxy) is 1. The highest BCUT2D eigenvalue weighted by molar-refractivity contribution is 6.31. The highest BCUT2D eigenvalue weighted by atomic mass is 35.5. The van der Waals surface area contributed by atoms with Gasteiger partial charge in [-0.3, -0.25) is 15.0 Å². The van der Waals surface area contributed by atoms with Crippen LogP contribution < -0.4 is 15.8 Å². The van der Waals surface area contributed by atoms with Gasteiger partial charge in [0, 0.05) is 29.2 Å². The molecule has 1 fully saturated rings. The third-order valence-corrected chi connectivity index (χ3v) is 5.34. The zero-order chi connectivity index (χ0) is 24.7. The van der Waals surface area contributed by atoms with Crippen molar-refractivity contribution in [3.63, 3.8) is 0 Å². The average molecular weight is 480 g/mol. The fourth-order valence-electron chi connectivity index (χ4n) is 3.42. The van der Waals surface area contributed by atoms with Gasteiger partial charge in [-0.2, -0.15) is 4.99 Å². The van der Waals surface area contributed by atoms with Crippen molar-refractivity contribution in [3.8, 4) is 5.75 Å². The number of hydrogen-bond donors (Lipinski definition) is 3. The fourth-order valence-corrected chi connectivity index (χ4v) is 3.49. The van der Waals surface area contributed by atoms with Crippen LogP contribution >= 0.6 is 11.6 Å². The van der Waals surface area contributed by atoms with Crippen molar-refractivity contribution >= 4 is 40.8 Å². The fraction of sp³-hybridized carbons (Fsp3) is 0.200. The van der Waals surface area contributed by atoms with Gasteiger partial charge in [0.05, 0.1) is 18.4 Å². The summed E-state index contributed by atoms with van der Waals surface area (Å²) in [6.45, 7) is 5.25. The lowest BCUT2D eigenvalue weighted by atomic mass is 10.1. The van der Waals surface area contributed by atoms with Crippen LogP contribution in [0, 0.1) is 5.41 Å². The van der Waals surface area contributed by atoms with Crippen molar-refractivity contribution in [2.75, 3.05) is 25.5 Å². The van der Waals surface area contributed by atoms with Gasteiger partial charge >= 0.3 is 0 Å². The van der Waals surface area contributed by atoms with E-state index in [0.717, 1.165) is 31.5 Å². The predicted molar refractivity (Wildman–Crippen MR) is 135 cm³/mol. The molecule has 1 aliphatic rings. The van der Waals surface area contributed by atoms with Crippen molar-refractivity contribution in [1.29, 1.82) is 5.41 Å². The number of nitrogens with two attached hydrogens (primary N) is 1. The lowest BCUT2D eigenvalue weighted by molar-refractivity contribution is 0.100. The molecule has 0 spiro atoms. The molecule has 2 amide bonds. The van der Waals surface area contributed by atoms with Crippen LogP contribution in [0.5, 0.6) is 5.75 Å².